The fourth-order valence-electron chi connectivity index (χ4n) is 1.94. The van der Waals surface area contributed by atoms with Crippen LogP contribution in [0.4, 0.5) is 0 Å². The maximum absolute atomic E-state index is 12.3. The molecular weight excluding hydrogens is 276 g/mol. The molecule has 0 radical (unpaired) electrons. The highest BCUT2D eigenvalue weighted by Crippen LogP contribution is 2.19. The molecular formula is C15H15ClN2O2. The lowest BCUT2D eigenvalue weighted by molar-refractivity contribution is 0.0784. The average molecular weight is 291 g/mol. The highest BCUT2D eigenvalue weighted by molar-refractivity contribution is 6.29. The van der Waals surface area contributed by atoms with E-state index in [-0.39, 0.29) is 11.7 Å². The van der Waals surface area contributed by atoms with Crippen LogP contribution in [0.15, 0.2) is 36.4 Å². The van der Waals surface area contributed by atoms with Crippen molar-refractivity contribution < 1.29 is 9.90 Å². The Balaban J connectivity index is 2.18. The van der Waals surface area contributed by atoms with E-state index in [2.05, 4.69) is 4.98 Å². The van der Waals surface area contributed by atoms with E-state index in [4.69, 9.17) is 11.6 Å². The van der Waals surface area contributed by atoms with E-state index in [1.165, 1.54) is 11.0 Å². The van der Waals surface area contributed by atoms with Gasteiger partial charge in [-0.25, -0.2) is 4.98 Å². The van der Waals surface area contributed by atoms with Gasteiger partial charge in [0, 0.05) is 30.4 Å². The van der Waals surface area contributed by atoms with Crippen LogP contribution < -0.4 is 0 Å². The molecule has 20 heavy (non-hydrogen) atoms. The minimum atomic E-state index is -0.166. The number of aryl methyl sites for hydroxylation is 1. The summed E-state index contributed by atoms with van der Waals surface area (Å²) in [7, 11) is 1.68. The van der Waals surface area contributed by atoms with Crippen molar-refractivity contribution in [1.82, 2.24) is 9.88 Å². The minimum absolute atomic E-state index is 0.166. The summed E-state index contributed by atoms with van der Waals surface area (Å²) >= 11 is 5.86. The molecule has 4 nitrogen and oxygen atoms in total. The van der Waals surface area contributed by atoms with Crippen LogP contribution in [-0.2, 0) is 6.54 Å². The highest BCUT2D eigenvalue weighted by Gasteiger charge is 2.14. The molecule has 2 aromatic rings. The maximum Gasteiger partial charge on any atom is 0.254 e. The molecule has 1 aromatic heterocycles. The van der Waals surface area contributed by atoms with E-state index in [0.717, 1.165) is 0 Å². The molecule has 1 N–H and O–H groups in total. The third-order valence-corrected chi connectivity index (χ3v) is 3.11. The second-order valence-corrected chi connectivity index (χ2v) is 5.00. The lowest BCUT2D eigenvalue weighted by Gasteiger charge is -2.18. The Morgan fingerprint density at radius 1 is 1.35 bits per heavy atom. The molecule has 1 amide bonds. The number of benzene rings is 1. The normalized spacial score (nSPS) is 10.3. The number of aromatic hydroxyl groups is 1. The summed E-state index contributed by atoms with van der Waals surface area (Å²) in [4.78, 5) is 17.9. The quantitative estimate of drug-likeness (QED) is 0.884. The first-order valence-corrected chi connectivity index (χ1v) is 6.51. The monoisotopic (exact) mass is 290 g/mol. The fraction of sp³-hybridized carbons (Fsp3) is 0.200. The molecule has 2 rings (SSSR count). The smallest absolute Gasteiger partial charge is 0.254 e. The van der Waals surface area contributed by atoms with E-state index >= 15 is 0 Å². The van der Waals surface area contributed by atoms with Gasteiger partial charge in [0.25, 0.3) is 5.91 Å². The molecule has 104 valence electrons. The standard InChI is InChI=1S/C15H15ClN2O2/c1-10-7-12(8-14(16)17-10)15(20)18(2)9-11-5-3-4-6-13(11)19/h3-8,19H,9H2,1-2H3. The van der Waals surface area contributed by atoms with Crippen molar-refractivity contribution in [2.75, 3.05) is 7.05 Å². The molecule has 0 aliphatic heterocycles. The van der Waals surface area contributed by atoms with Gasteiger partial charge in [-0.2, -0.15) is 0 Å². The summed E-state index contributed by atoms with van der Waals surface area (Å²) in [6.07, 6.45) is 0. The van der Waals surface area contributed by atoms with Crippen molar-refractivity contribution in [2.45, 2.75) is 13.5 Å². The van der Waals surface area contributed by atoms with Gasteiger partial charge in [0.1, 0.15) is 10.9 Å². The summed E-state index contributed by atoms with van der Waals surface area (Å²) in [5.74, 6) is 0.0109. The predicted octanol–water partition coefficient (Wildman–Crippen LogP) is 3.02. The number of aromatic nitrogens is 1. The van der Waals surface area contributed by atoms with Crippen LogP contribution in [0.3, 0.4) is 0 Å². The van der Waals surface area contributed by atoms with Gasteiger partial charge in [0.05, 0.1) is 0 Å². The average Bonchev–Trinajstić information content (AvgIpc) is 2.39. The molecule has 0 bridgehead atoms. The predicted molar refractivity (Wildman–Crippen MR) is 77.9 cm³/mol. The van der Waals surface area contributed by atoms with E-state index in [1.54, 1.807) is 38.2 Å². The zero-order chi connectivity index (χ0) is 14.7. The Hall–Kier alpha value is -2.07. The Kier molecular flexibility index (Phi) is 4.25. The third kappa shape index (κ3) is 3.27. The molecule has 0 spiro atoms. The number of halogens is 1. The first-order chi connectivity index (χ1) is 9.47. The number of para-hydroxylation sites is 1. The second-order valence-electron chi connectivity index (χ2n) is 4.61. The molecule has 1 aromatic carbocycles. The lowest BCUT2D eigenvalue weighted by Crippen LogP contribution is -2.26. The second kappa shape index (κ2) is 5.92. The molecule has 0 unspecified atom stereocenters. The third-order valence-electron chi connectivity index (χ3n) is 2.91. The molecule has 1 heterocycles. The molecule has 0 fully saturated rings. The number of phenols is 1. The topological polar surface area (TPSA) is 53.4 Å². The SMILES string of the molecule is Cc1cc(C(=O)N(C)Cc2ccccc2O)cc(Cl)n1. The van der Waals surface area contributed by atoms with E-state index < -0.39 is 0 Å². The van der Waals surface area contributed by atoms with Crippen LogP contribution in [0, 0.1) is 6.92 Å². The Morgan fingerprint density at radius 2 is 2.05 bits per heavy atom. The summed E-state index contributed by atoms with van der Waals surface area (Å²) < 4.78 is 0. The Morgan fingerprint density at radius 3 is 2.70 bits per heavy atom. The maximum atomic E-state index is 12.3. The van der Waals surface area contributed by atoms with Crippen molar-refractivity contribution >= 4 is 17.5 Å². The van der Waals surface area contributed by atoms with Crippen molar-refractivity contribution in [1.29, 1.82) is 0 Å². The van der Waals surface area contributed by atoms with Gasteiger partial charge >= 0.3 is 0 Å². The molecule has 5 heteroatoms. The van der Waals surface area contributed by atoms with Crippen LogP contribution in [0.1, 0.15) is 21.6 Å². The first kappa shape index (κ1) is 14.3. The van der Waals surface area contributed by atoms with Crippen molar-refractivity contribution in [2.24, 2.45) is 0 Å². The number of hydrogen-bond acceptors (Lipinski definition) is 3. The van der Waals surface area contributed by atoms with Gasteiger partial charge in [-0.1, -0.05) is 29.8 Å². The molecule has 0 aliphatic carbocycles. The number of carbonyl (C=O) groups is 1. The lowest BCUT2D eigenvalue weighted by atomic mass is 10.1. The van der Waals surface area contributed by atoms with Gasteiger partial charge in [-0.05, 0) is 25.1 Å². The minimum Gasteiger partial charge on any atom is -0.508 e. The van der Waals surface area contributed by atoms with Crippen LogP contribution in [0.5, 0.6) is 5.75 Å². The fourth-order valence-corrected chi connectivity index (χ4v) is 2.19. The van der Waals surface area contributed by atoms with Crippen LogP contribution in [0.25, 0.3) is 0 Å². The van der Waals surface area contributed by atoms with Gasteiger partial charge in [0.2, 0.25) is 0 Å². The first-order valence-electron chi connectivity index (χ1n) is 6.14. The van der Waals surface area contributed by atoms with Crippen molar-refractivity contribution in [3.8, 4) is 5.75 Å². The molecule has 0 saturated heterocycles. The number of nitrogens with zero attached hydrogens (tertiary/aromatic N) is 2. The largest absolute Gasteiger partial charge is 0.508 e. The van der Waals surface area contributed by atoms with Gasteiger partial charge in [-0.15, -0.1) is 0 Å². The summed E-state index contributed by atoms with van der Waals surface area (Å²) in [5, 5.41) is 10.0. The molecule has 0 aliphatic rings. The van der Waals surface area contributed by atoms with E-state index in [0.29, 0.717) is 28.5 Å². The summed E-state index contributed by atoms with van der Waals surface area (Å²) in [6.45, 7) is 2.11. The van der Waals surface area contributed by atoms with Gasteiger partial charge in [-0.3, -0.25) is 4.79 Å². The number of amides is 1. The van der Waals surface area contributed by atoms with Gasteiger partial charge < -0.3 is 10.0 Å². The van der Waals surface area contributed by atoms with Crippen LogP contribution in [0.2, 0.25) is 5.15 Å². The number of rotatable bonds is 3. The number of hydrogen-bond donors (Lipinski definition) is 1. The number of phenolic OH excluding ortho intramolecular Hbond substituents is 1. The molecule has 0 saturated carbocycles. The van der Waals surface area contributed by atoms with Gasteiger partial charge in [0.15, 0.2) is 0 Å². The number of pyridine rings is 1. The Labute approximate surface area is 122 Å². The van der Waals surface area contributed by atoms with Crippen LogP contribution >= 0.6 is 11.6 Å². The summed E-state index contributed by atoms with van der Waals surface area (Å²) in [5.41, 5.74) is 1.87. The molecule has 0 atom stereocenters. The van der Waals surface area contributed by atoms with E-state index in [1.807, 2.05) is 6.07 Å². The highest BCUT2D eigenvalue weighted by atomic mass is 35.5. The van der Waals surface area contributed by atoms with E-state index in [9.17, 15) is 9.90 Å². The number of carbonyl (C=O) groups excluding carboxylic acids is 1. The van der Waals surface area contributed by atoms with Crippen molar-refractivity contribution in [3.63, 3.8) is 0 Å². The summed E-state index contributed by atoms with van der Waals surface area (Å²) in [6, 6.07) is 10.2. The zero-order valence-corrected chi connectivity index (χ0v) is 12.1. The zero-order valence-electron chi connectivity index (χ0n) is 11.3. The van der Waals surface area contributed by atoms with Crippen molar-refractivity contribution in [3.05, 3.63) is 58.4 Å². The van der Waals surface area contributed by atoms with Crippen LogP contribution in [-0.4, -0.2) is 27.9 Å². The Bertz CT molecular complexity index is 623.